The number of rotatable bonds is 4. The molecule has 0 aromatic rings. The summed E-state index contributed by atoms with van der Waals surface area (Å²) in [7, 11) is 1.60. The van der Waals surface area contributed by atoms with Crippen LogP contribution in [0.25, 0.3) is 0 Å². The maximum atomic E-state index is 10.2. The van der Waals surface area contributed by atoms with Crippen LogP contribution in [-0.4, -0.2) is 25.3 Å². The number of hydrogen-bond donors (Lipinski definition) is 2. The van der Waals surface area contributed by atoms with Crippen LogP contribution in [0, 0.1) is 0 Å². The molecular formula is C5H10N2O2. The van der Waals surface area contributed by atoms with E-state index in [0.29, 0.717) is 6.29 Å². The van der Waals surface area contributed by atoms with Gasteiger partial charge in [0.15, 0.2) is 0 Å². The van der Waals surface area contributed by atoms with Crippen molar-refractivity contribution in [3.63, 3.8) is 0 Å². The number of aldehydes is 1. The maximum Gasteiger partial charge on any atom is 0.219 e. The zero-order valence-electron chi connectivity index (χ0n) is 5.26. The Bertz CT molecular complexity index is 114. The van der Waals surface area contributed by atoms with Crippen LogP contribution in [0.2, 0.25) is 0 Å². The summed E-state index contributed by atoms with van der Waals surface area (Å²) < 4.78 is 0. The van der Waals surface area contributed by atoms with E-state index in [0.717, 1.165) is 0 Å². The van der Waals surface area contributed by atoms with Gasteiger partial charge in [0.1, 0.15) is 6.29 Å². The number of nitrogens with two attached hydrogens (primary N) is 1. The van der Waals surface area contributed by atoms with Gasteiger partial charge in [-0.05, 0) is 7.05 Å². The van der Waals surface area contributed by atoms with Gasteiger partial charge in [-0.25, -0.2) is 0 Å². The van der Waals surface area contributed by atoms with Crippen LogP contribution in [0.5, 0.6) is 0 Å². The molecule has 0 aromatic carbocycles. The Hall–Kier alpha value is -0.900. The number of carbonyl (C=O) groups excluding carboxylic acids is 2. The van der Waals surface area contributed by atoms with Gasteiger partial charge in [-0.15, -0.1) is 0 Å². The number of carbonyl (C=O) groups is 2. The lowest BCUT2D eigenvalue weighted by molar-refractivity contribution is -0.120. The van der Waals surface area contributed by atoms with E-state index in [-0.39, 0.29) is 6.42 Å². The first kappa shape index (κ1) is 8.10. The second kappa shape index (κ2) is 4.03. The molecule has 1 amide bonds. The molecule has 0 saturated heterocycles. The van der Waals surface area contributed by atoms with Gasteiger partial charge in [-0.2, -0.15) is 0 Å². The topological polar surface area (TPSA) is 72.2 Å². The smallest absolute Gasteiger partial charge is 0.219 e. The van der Waals surface area contributed by atoms with Crippen molar-refractivity contribution in [1.29, 1.82) is 0 Å². The van der Waals surface area contributed by atoms with Gasteiger partial charge in [0, 0.05) is 6.42 Å². The number of hydrogen-bond acceptors (Lipinski definition) is 3. The van der Waals surface area contributed by atoms with E-state index in [1.54, 1.807) is 7.05 Å². The molecule has 0 bridgehead atoms. The van der Waals surface area contributed by atoms with Gasteiger partial charge in [0.2, 0.25) is 5.91 Å². The van der Waals surface area contributed by atoms with Crippen molar-refractivity contribution in [1.82, 2.24) is 5.32 Å². The number of likely N-dealkylation sites (N-methyl/N-ethyl adjacent to an activating group) is 1. The van der Waals surface area contributed by atoms with Crippen molar-refractivity contribution in [3.8, 4) is 0 Å². The van der Waals surface area contributed by atoms with Crippen molar-refractivity contribution in [2.45, 2.75) is 12.5 Å². The summed E-state index contributed by atoms with van der Waals surface area (Å²) in [4.78, 5) is 20.2. The summed E-state index contributed by atoms with van der Waals surface area (Å²) in [5, 5.41) is 2.61. The molecule has 0 rings (SSSR count). The average molecular weight is 130 g/mol. The largest absolute Gasteiger partial charge is 0.370 e. The summed E-state index contributed by atoms with van der Waals surface area (Å²) >= 11 is 0. The van der Waals surface area contributed by atoms with Gasteiger partial charge in [0.05, 0.1) is 6.04 Å². The van der Waals surface area contributed by atoms with E-state index in [1.165, 1.54) is 0 Å². The minimum absolute atomic E-state index is 0.0694. The maximum absolute atomic E-state index is 10.2. The van der Waals surface area contributed by atoms with Crippen LogP contribution in [0.15, 0.2) is 0 Å². The predicted octanol–water partition coefficient (Wildman–Crippen LogP) is -1.35. The van der Waals surface area contributed by atoms with Crippen molar-refractivity contribution >= 4 is 12.2 Å². The molecule has 9 heavy (non-hydrogen) atoms. The highest BCUT2D eigenvalue weighted by Crippen LogP contribution is 1.82. The Balaban J connectivity index is 3.55. The highest BCUT2D eigenvalue weighted by Gasteiger charge is 2.05. The van der Waals surface area contributed by atoms with Crippen LogP contribution in [0.1, 0.15) is 6.42 Å². The standard InChI is InChI=1S/C5H10N2O2/c1-7-4(3-8)2-5(6)9/h3-4,7H,2H2,1H3,(H2,6,9). The zero-order chi connectivity index (χ0) is 7.28. The van der Waals surface area contributed by atoms with Gasteiger partial charge >= 0.3 is 0 Å². The minimum atomic E-state index is -0.471. The molecular weight excluding hydrogens is 120 g/mol. The number of nitrogens with one attached hydrogen (secondary N) is 1. The molecule has 1 unspecified atom stereocenters. The second-order valence-corrected chi connectivity index (χ2v) is 1.70. The summed E-state index contributed by atoms with van der Waals surface area (Å²) in [6.07, 6.45) is 0.727. The van der Waals surface area contributed by atoms with Crippen LogP contribution in [0.4, 0.5) is 0 Å². The molecule has 0 aliphatic carbocycles. The van der Waals surface area contributed by atoms with E-state index in [2.05, 4.69) is 5.32 Å². The van der Waals surface area contributed by atoms with Crippen LogP contribution < -0.4 is 11.1 Å². The van der Waals surface area contributed by atoms with Crippen molar-refractivity contribution in [2.24, 2.45) is 5.73 Å². The van der Waals surface area contributed by atoms with Crippen LogP contribution in [-0.2, 0) is 9.59 Å². The molecule has 4 nitrogen and oxygen atoms in total. The SMILES string of the molecule is CNC(C=O)CC(N)=O. The Morgan fingerprint density at radius 3 is 2.56 bits per heavy atom. The molecule has 0 aliphatic heterocycles. The molecule has 0 saturated carbocycles. The Kier molecular flexibility index (Phi) is 3.62. The van der Waals surface area contributed by atoms with Crippen LogP contribution >= 0.6 is 0 Å². The lowest BCUT2D eigenvalue weighted by atomic mass is 10.2. The molecule has 52 valence electrons. The lowest BCUT2D eigenvalue weighted by Crippen LogP contribution is -2.31. The number of amides is 1. The third-order valence-electron chi connectivity index (χ3n) is 0.956. The monoisotopic (exact) mass is 130 g/mol. The predicted molar refractivity (Wildman–Crippen MR) is 32.7 cm³/mol. The van der Waals surface area contributed by atoms with Gasteiger partial charge < -0.3 is 15.8 Å². The normalized spacial score (nSPS) is 12.6. The minimum Gasteiger partial charge on any atom is -0.370 e. The molecule has 1 atom stereocenters. The third-order valence-corrected chi connectivity index (χ3v) is 0.956. The Morgan fingerprint density at radius 1 is 1.89 bits per heavy atom. The van der Waals surface area contributed by atoms with E-state index < -0.39 is 11.9 Å². The molecule has 0 aromatic heterocycles. The van der Waals surface area contributed by atoms with E-state index in [4.69, 9.17) is 5.73 Å². The molecule has 3 N–H and O–H groups in total. The van der Waals surface area contributed by atoms with Gasteiger partial charge in [0.25, 0.3) is 0 Å². The summed E-state index contributed by atoms with van der Waals surface area (Å²) in [5.74, 6) is -0.471. The van der Waals surface area contributed by atoms with E-state index in [9.17, 15) is 9.59 Å². The van der Waals surface area contributed by atoms with E-state index in [1.807, 2.05) is 0 Å². The molecule has 0 aliphatic rings. The first-order valence-corrected chi connectivity index (χ1v) is 2.61. The highest BCUT2D eigenvalue weighted by molar-refractivity contribution is 5.78. The number of primary amides is 1. The van der Waals surface area contributed by atoms with Crippen molar-refractivity contribution in [3.05, 3.63) is 0 Å². The zero-order valence-corrected chi connectivity index (χ0v) is 5.26. The quantitative estimate of drug-likeness (QED) is 0.462. The fourth-order valence-electron chi connectivity index (χ4n) is 0.435. The van der Waals surface area contributed by atoms with Gasteiger partial charge in [-0.3, -0.25) is 4.79 Å². The highest BCUT2D eigenvalue weighted by atomic mass is 16.1. The molecule has 4 heteroatoms. The van der Waals surface area contributed by atoms with Crippen molar-refractivity contribution < 1.29 is 9.59 Å². The van der Waals surface area contributed by atoms with Crippen molar-refractivity contribution in [2.75, 3.05) is 7.05 Å². The molecule has 0 heterocycles. The van der Waals surface area contributed by atoms with Gasteiger partial charge in [-0.1, -0.05) is 0 Å². The Morgan fingerprint density at radius 2 is 2.44 bits per heavy atom. The fourth-order valence-corrected chi connectivity index (χ4v) is 0.435. The first-order chi connectivity index (χ1) is 4.20. The average Bonchev–Trinajstić information content (AvgIpc) is 1.82. The molecule has 0 fully saturated rings. The first-order valence-electron chi connectivity index (χ1n) is 2.61. The summed E-state index contributed by atoms with van der Waals surface area (Å²) in [6.45, 7) is 0. The summed E-state index contributed by atoms with van der Waals surface area (Å²) in [5.41, 5.74) is 4.81. The Labute approximate surface area is 53.4 Å². The fraction of sp³-hybridized carbons (Fsp3) is 0.600. The van der Waals surface area contributed by atoms with Crippen LogP contribution in [0.3, 0.4) is 0 Å². The molecule has 0 radical (unpaired) electrons. The summed E-state index contributed by atoms with van der Waals surface area (Å²) in [6, 6.07) is -0.428. The molecule has 0 spiro atoms. The third kappa shape index (κ3) is 3.66. The second-order valence-electron chi connectivity index (χ2n) is 1.70. The van der Waals surface area contributed by atoms with E-state index >= 15 is 0 Å². The lowest BCUT2D eigenvalue weighted by Gasteiger charge is -2.03.